The van der Waals surface area contributed by atoms with Gasteiger partial charge in [0.2, 0.25) is 5.91 Å². The quantitative estimate of drug-likeness (QED) is 0.0273. The molecular weight excluding hydrogens is 720 g/mol. The van der Waals surface area contributed by atoms with Gasteiger partial charge in [0, 0.05) is 31.1 Å². The van der Waals surface area contributed by atoms with Crippen LogP contribution in [0.4, 0.5) is 9.59 Å². The van der Waals surface area contributed by atoms with Crippen LogP contribution in [0.25, 0.3) is 0 Å². The van der Waals surface area contributed by atoms with E-state index in [9.17, 15) is 24.4 Å². The molecule has 4 aromatic rings. The van der Waals surface area contributed by atoms with Crippen LogP contribution >= 0.6 is 0 Å². The largest absolute Gasteiger partial charge is 0.459 e. The van der Waals surface area contributed by atoms with Gasteiger partial charge in [0.05, 0.1) is 5.56 Å². The van der Waals surface area contributed by atoms with E-state index in [2.05, 4.69) is 10.6 Å². The van der Waals surface area contributed by atoms with E-state index < -0.39 is 35.5 Å². The van der Waals surface area contributed by atoms with Crippen LogP contribution in [0.5, 0.6) is 23.0 Å². The predicted molar refractivity (Wildman–Crippen MR) is 205 cm³/mol. The standard InChI is InChI=1S/C42H46N4O10/c1-27(47)46(51)38(43)30-12-18-34(19-13-30)54-37-23-31(22-36(24-37)53-33-16-10-28(11-17-33)25-44-40(49)56-42(2,3)4)39(48)55-35-20-14-32(15-21-35)45-41(50)52-26-29-8-6-5-7-9-29/h5-13,16-19,22-24,32,35,43,51H,14-15,20-21,25-26H2,1-4H3,(H,44,49)(H,45,50). The number of ether oxygens (including phenoxy) is 5. The Bertz CT molecular complexity index is 1990. The Kier molecular flexibility index (Phi) is 13.7. The van der Waals surface area contributed by atoms with Crippen molar-refractivity contribution in [3.63, 3.8) is 0 Å². The Balaban J connectivity index is 1.24. The molecule has 4 aromatic carbocycles. The molecule has 0 atom stereocenters. The molecule has 0 unspecified atom stereocenters. The number of hydrogen-bond acceptors (Lipinski definition) is 11. The van der Waals surface area contributed by atoms with Gasteiger partial charge in [0.1, 0.15) is 41.3 Å². The fourth-order valence-electron chi connectivity index (χ4n) is 5.68. The summed E-state index contributed by atoms with van der Waals surface area (Å²) in [7, 11) is 0. The van der Waals surface area contributed by atoms with E-state index >= 15 is 0 Å². The molecule has 0 aliphatic heterocycles. The number of carbonyl (C=O) groups is 4. The van der Waals surface area contributed by atoms with Crippen molar-refractivity contribution in [1.29, 1.82) is 5.41 Å². The summed E-state index contributed by atoms with van der Waals surface area (Å²) in [6, 6.07) is 27.1. The fraction of sp³-hybridized carbons (Fsp3) is 0.310. The molecule has 3 amide bonds. The van der Waals surface area contributed by atoms with Gasteiger partial charge in [-0.1, -0.05) is 42.5 Å². The van der Waals surface area contributed by atoms with E-state index in [1.54, 1.807) is 69.3 Å². The highest BCUT2D eigenvalue weighted by molar-refractivity contribution is 6.04. The van der Waals surface area contributed by atoms with Gasteiger partial charge < -0.3 is 34.3 Å². The molecule has 1 aliphatic carbocycles. The van der Waals surface area contributed by atoms with Gasteiger partial charge in [0.25, 0.3) is 0 Å². The van der Waals surface area contributed by atoms with Gasteiger partial charge >= 0.3 is 18.2 Å². The van der Waals surface area contributed by atoms with Gasteiger partial charge in [0.15, 0.2) is 5.84 Å². The minimum absolute atomic E-state index is 0.109. The Morgan fingerprint density at radius 2 is 1.34 bits per heavy atom. The van der Waals surface area contributed by atoms with E-state index in [0.29, 0.717) is 37.2 Å². The summed E-state index contributed by atoms with van der Waals surface area (Å²) >= 11 is 0. The van der Waals surface area contributed by atoms with Gasteiger partial charge in [-0.2, -0.15) is 5.06 Å². The molecule has 0 aromatic heterocycles. The van der Waals surface area contributed by atoms with Crippen molar-refractivity contribution < 1.29 is 48.1 Å². The van der Waals surface area contributed by atoms with Crippen molar-refractivity contribution in [3.05, 3.63) is 119 Å². The second kappa shape index (κ2) is 18.8. The fourth-order valence-corrected chi connectivity index (χ4v) is 5.68. The molecule has 0 heterocycles. The number of carbonyl (C=O) groups excluding carboxylic acids is 4. The summed E-state index contributed by atoms with van der Waals surface area (Å²) in [5, 5.41) is 23.7. The average molecular weight is 767 g/mol. The van der Waals surface area contributed by atoms with Crippen molar-refractivity contribution >= 4 is 29.9 Å². The number of nitrogens with zero attached hydrogens (tertiary/aromatic N) is 1. The molecule has 5 rings (SSSR count). The maximum atomic E-state index is 13.6. The summed E-state index contributed by atoms with van der Waals surface area (Å²) in [5.41, 5.74) is 1.53. The van der Waals surface area contributed by atoms with E-state index in [-0.39, 0.29) is 53.0 Å². The van der Waals surface area contributed by atoms with Crippen LogP contribution in [0.3, 0.4) is 0 Å². The van der Waals surface area contributed by atoms with E-state index in [1.807, 2.05) is 30.3 Å². The van der Waals surface area contributed by atoms with Crippen molar-refractivity contribution in [2.45, 2.75) is 84.3 Å². The van der Waals surface area contributed by atoms with Crippen LogP contribution in [0, 0.1) is 5.41 Å². The third-order valence-corrected chi connectivity index (χ3v) is 8.47. The molecule has 56 heavy (non-hydrogen) atoms. The van der Waals surface area contributed by atoms with Crippen LogP contribution in [-0.2, 0) is 32.2 Å². The first-order valence-corrected chi connectivity index (χ1v) is 18.1. The van der Waals surface area contributed by atoms with Crippen LogP contribution in [0.15, 0.2) is 97.1 Å². The first-order chi connectivity index (χ1) is 26.7. The van der Waals surface area contributed by atoms with Crippen molar-refractivity contribution in [2.75, 3.05) is 0 Å². The lowest BCUT2D eigenvalue weighted by atomic mass is 9.93. The molecule has 0 saturated heterocycles. The van der Waals surface area contributed by atoms with Gasteiger partial charge in [-0.25, -0.2) is 14.4 Å². The van der Waals surface area contributed by atoms with Gasteiger partial charge in [-0.3, -0.25) is 15.4 Å². The zero-order chi connectivity index (χ0) is 40.2. The number of hydrogen-bond donors (Lipinski definition) is 4. The zero-order valence-electron chi connectivity index (χ0n) is 31.7. The third kappa shape index (κ3) is 12.6. The summed E-state index contributed by atoms with van der Waals surface area (Å²) in [6.07, 6.45) is 0.893. The highest BCUT2D eigenvalue weighted by atomic mass is 16.6. The second-order valence-corrected chi connectivity index (χ2v) is 14.2. The predicted octanol–water partition coefficient (Wildman–Crippen LogP) is 8.25. The molecule has 14 nitrogen and oxygen atoms in total. The topological polar surface area (TPSA) is 186 Å². The normalized spacial score (nSPS) is 15.1. The maximum absolute atomic E-state index is 13.6. The average Bonchev–Trinajstić information content (AvgIpc) is 3.17. The van der Waals surface area contributed by atoms with Crippen molar-refractivity contribution in [3.8, 4) is 23.0 Å². The number of rotatable bonds is 12. The molecule has 4 N–H and O–H groups in total. The second-order valence-electron chi connectivity index (χ2n) is 14.2. The van der Waals surface area contributed by atoms with E-state index in [4.69, 9.17) is 29.1 Å². The van der Waals surface area contributed by atoms with Gasteiger partial charge in [-0.05, 0) is 106 Å². The molecule has 294 valence electrons. The molecule has 14 heteroatoms. The van der Waals surface area contributed by atoms with E-state index in [0.717, 1.165) is 18.1 Å². The van der Waals surface area contributed by atoms with Crippen LogP contribution in [-0.4, -0.2) is 57.9 Å². The smallest absolute Gasteiger partial charge is 0.407 e. The molecule has 1 saturated carbocycles. The molecular formula is C42H46N4O10. The van der Waals surface area contributed by atoms with Crippen LogP contribution in [0.2, 0.25) is 0 Å². The van der Waals surface area contributed by atoms with Crippen molar-refractivity contribution in [2.24, 2.45) is 0 Å². The molecule has 1 aliphatic rings. The number of nitrogens with one attached hydrogen (secondary N) is 3. The first-order valence-electron chi connectivity index (χ1n) is 18.1. The summed E-state index contributed by atoms with van der Waals surface area (Å²) in [6.45, 7) is 6.91. The number of amides is 3. The number of alkyl carbamates (subject to hydrolysis) is 2. The zero-order valence-corrected chi connectivity index (χ0v) is 31.7. The Morgan fingerprint density at radius 3 is 1.91 bits per heavy atom. The molecule has 0 spiro atoms. The summed E-state index contributed by atoms with van der Waals surface area (Å²) < 4.78 is 28.8. The highest BCUT2D eigenvalue weighted by Crippen LogP contribution is 2.32. The lowest BCUT2D eigenvalue weighted by Crippen LogP contribution is -2.39. The van der Waals surface area contributed by atoms with E-state index in [1.165, 1.54) is 18.2 Å². The minimum atomic E-state index is -0.706. The summed E-state index contributed by atoms with van der Waals surface area (Å²) in [4.78, 5) is 49.5. The summed E-state index contributed by atoms with van der Waals surface area (Å²) in [5.74, 6) is -0.348. The Morgan fingerprint density at radius 1 is 0.750 bits per heavy atom. The van der Waals surface area contributed by atoms with Crippen molar-refractivity contribution in [1.82, 2.24) is 15.7 Å². The monoisotopic (exact) mass is 766 g/mol. The Hall–Kier alpha value is -6.41. The lowest BCUT2D eigenvalue weighted by molar-refractivity contribution is -0.146. The first kappa shape index (κ1) is 40.8. The number of benzene rings is 4. The SMILES string of the molecule is CC(=O)N(O)C(=N)c1ccc(Oc2cc(Oc3ccc(CNC(=O)OC(C)(C)C)cc3)cc(C(=O)OC3CCC(NC(=O)OCc4ccccc4)CC3)c2)cc1. The number of esters is 1. The number of amidine groups is 1. The van der Waals surface area contributed by atoms with Crippen LogP contribution in [0.1, 0.15) is 80.4 Å². The van der Waals surface area contributed by atoms with Gasteiger partial charge in [-0.15, -0.1) is 0 Å². The minimum Gasteiger partial charge on any atom is -0.459 e. The lowest BCUT2D eigenvalue weighted by Gasteiger charge is -2.28. The third-order valence-electron chi connectivity index (χ3n) is 8.47. The molecule has 0 bridgehead atoms. The maximum Gasteiger partial charge on any atom is 0.407 e. The molecule has 1 fully saturated rings. The number of hydroxylamine groups is 2. The Labute approximate surface area is 325 Å². The highest BCUT2D eigenvalue weighted by Gasteiger charge is 2.26. The molecule has 0 radical (unpaired) electrons. The van der Waals surface area contributed by atoms with Crippen LogP contribution < -0.4 is 20.1 Å².